The summed E-state index contributed by atoms with van der Waals surface area (Å²) in [6, 6.07) is 8.65. The van der Waals surface area contributed by atoms with E-state index in [-0.39, 0.29) is 52.1 Å². The van der Waals surface area contributed by atoms with E-state index >= 15 is 0 Å². The Morgan fingerprint density at radius 3 is 2.12 bits per heavy atom. The van der Waals surface area contributed by atoms with Gasteiger partial charge in [0, 0.05) is 6.54 Å². The van der Waals surface area contributed by atoms with Gasteiger partial charge in [-0.3, -0.25) is 0 Å². The summed E-state index contributed by atoms with van der Waals surface area (Å²) in [7, 11) is 4.24. The van der Waals surface area contributed by atoms with Gasteiger partial charge in [0.05, 0.1) is 0 Å². The van der Waals surface area contributed by atoms with Crippen molar-refractivity contribution in [1.29, 1.82) is 0 Å². The molecular weight excluding hydrogens is 387 g/mol. The van der Waals surface area contributed by atoms with E-state index in [0.29, 0.717) is 0 Å². The van der Waals surface area contributed by atoms with Gasteiger partial charge in [0.25, 0.3) is 0 Å². The largest absolute Gasteiger partial charge is 2.00 e. The van der Waals surface area contributed by atoms with Crippen molar-refractivity contribution in [3.63, 3.8) is 0 Å². The van der Waals surface area contributed by atoms with Gasteiger partial charge in [-0.15, -0.1) is 23.2 Å². The standard InChI is InChI=1S/C16H20N.C4H10N.2ClH.Ti/c1-4-13-8-5-6-10-15(13)16-11-7-9-14(16)12-17(2)3;1-4(2,3)5;;;/h4-10H,11-12H2,1-3H3;5H,1-3H3;2*1H;/q2*-1;;;+2/p-2. The van der Waals surface area contributed by atoms with Gasteiger partial charge in [-0.25, -0.2) is 0 Å². The van der Waals surface area contributed by atoms with Crippen LogP contribution in [0.3, 0.4) is 0 Å². The van der Waals surface area contributed by atoms with E-state index in [1.807, 2.05) is 20.8 Å². The molecule has 0 unspecified atom stereocenters. The zero-order valence-corrected chi connectivity index (χ0v) is 19.2. The number of likely N-dealkylation sites (N-methyl/N-ethyl adjacent to an activating group) is 1. The second-order valence-corrected chi connectivity index (χ2v) is 6.97. The molecule has 0 heterocycles. The third-order valence-corrected chi connectivity index (χ3v) is 3.11. The molecule has 2 nitrogen and oxygen atoms in total. The predicted molar refractivity (Wildman–Crippen MR) is 98.8 cm³/mol. The summed E-state index contributed by atoms with van der Waals surface area (Å²) in [5, 5.41) is 0. The number of halogens is 2. The normalized spacial score (nSPS) is 12.5. The van der Waals surface area contributed by atoms with Crippen LogP contribution in [0.5, 0.6) is 0 Å². The monoisotopic (exact) mass is 416 g/mol. The first kappa shape index (κ1) is 29.5. The minimum atomic E-state index is -0.250. The second-order valence-electron chi connectivity index (χ2n) is 6.97. The molecular formula is C20H30Cl2N2Ti-2. The number of rotatable bonds is 4. The van der Waals surface area contributed by atoms with Crippen molar-refractivity contribution < 1.29 is 46.5 Å². The molecule has 0 amide bonds. The smallest absolute Gasteiger partial charge is 1.00 e. The molecule has 0 saturated carbocycles. The Labute approximate surface area is 182 Å². The molecule has 1 aliphatic rings. The molecule has 0 aromatic heterocycles. The van der Waals surface area contributed by atoms with Gasteiger partial charge in [0.2, 0.25) is 0 Å². The van der Waals surface area contributed by atoms with Gasteiger partial charge in [-0.1, -0.05) is 51.5 Å². The van der Waals surface area contributed by atoms with Crippen molar-refractivity contribution >= 4 is 5.57 Å². The van der Waals surface area contributed by atoms with Crippen molar-refractivity contribution in [3.8, 4) is 0 Å². The van der Waals surface area contributed by atoms with Gasteiger partial charge in [-0.2, -0.15) is 18.1 Å². The van der Waals surface area contributed by atoms with E-state index in [1.165, 1.54) is 22.3 Å². The van der Waals surface area contributed by atoms with Crippen LogP contribution >= 0.6 is 0 Å². The number of hydrogen-bond donors (Lipinski definition) is 0. The fourth-order valence-corrected chi connectivity index (χ4v) is 2.35. The Kier molecular flexibility index (Phi) is 16.4. The molecule has 0 atom stereocenters. The molecule has 0 aliphatic heterocycles. The van der Waals surface area contributed by atoms with Crippen LogP contribution < -0.4 is 24.8 Å². The Bertz CT molecular complexity index is 541. The van der Waals surface area contributed by atoms with E-state index < -0.39 is 0 Å². The fraction of sp³-hybridized carbons (Fsp3) is 0.450. The molecule has 1 aromatic carbocycles. The fourth-order valence-electron chi connectivity index (χ4n) is 2.35. The molecule has 1 aromatic rings. The summed E-state index contributed by atoms with van der Waals surface area (Å²) in [5.41, 5.74) is 12.3. The van der Waals surface area contributed by atoms with Crippen molar-refractivity contribution in [1.82, 2.24) is 4.90 Å². The van der Waals surface area contributed by atoms with Crippen molar-refractivity contribution in [3.05, 3.63) is 65.3 Å². The third kappa shape index (κ3) is 11.9. The first-order valence-corrected chi connectivity index (χ1v) is 7.89. The van der Waals surface area contributed by atoms with Crippen molar-refractivity contribution in [2.75, 3.05) is 20.6 Å². The van der Waals surface area contributed by atoms with E-state index in [1.54, 1.807) is 0 Å². The maximum atomic E-state index is 6.94. The van der Waals surface area contributed by atoms with Crippen LogP contribution in [0.15, 0.2) is 42.0 Å². The summed E-state index contributed by atoms with van der Waals surface area (Å²) >= 11 is 0. The number of nitrogens with zero attached hydrogens (tertiary/aromatic N) is 1. The van der Waals surface area contributed by atoms with Gasteiger partial charge >= 0.3 is 21.7 Å². The minimum Gasteiger partial charge on any atom is -1.00 e. The molecule has 1 N–H and O–H groups in total. The van der Waals surface area contributed by atoms with Crippen LogP contribution in [0.25, 0.3) is 11.3 Å². The number of benzene rings is 1. The summed E-state index contributed by atoms with van der Waals surface area (Å²) in [6.45, 7) is 8.68. The van der Waals surface area contributed by atoms with Crippen LogP contribution in [0.4, 0.5) is 0 Å². The van der Waals surface area contributed by atoms with Crippen LogP contribution in [-0.2, 0) is 21.7 Å². The molecule has 0 radical (unpaired) electrons. The first-order valence-electron chi connectivity index (χ1n) is 7.89. The predicted octanol–water partition coefficient (Wildman–Crippen LogP) is -0.623. The Morgan fingerprint density at radius 1 is 1.12 bits per heavy atom. The summed E-state index contributed by atoms with van der Waals surface area (Å²) in [5.74, 6) is 0. The Balaban J connectivity index is -0.000000539. The Morgan fingerprint density at radius 2 is 1.64 bits per heavy atom. The van der Waals surface area contributed by atoms with Crippen LogP contribution in [0.1, 0.15) is 45.2 Å². The molecule has 0 fully saturated rings. The summed E-state index contributed by atoms with van der Waals surface area (Å²) in [6.07, 6.45) is 7.78. The van der Waals surface area contributed by atoms with E-state index in [2.05, 4.69) is 68.8 Å². The zero-order chi connectivity index (χ0) is 16.8. The SMILES string of the molecule is CC(C)(C)[NH-].C[CH-]c1ccccc1C1=C(CN(C)C)C=CC1.[Cl-].[Cl-].[Ti+2]. The second kappa shape index (κ2) is 13.9. The molecule has 0 saturated heterocycles. The van der Waals surface area contributed by atoms with Gasteiger partial charge in [0.1, 0.15) is 0 Å². The molecule has 1 aliphatic carbocycles. The maximum absolute atomic E-state index is 6.94. The van der Waals surface area contributed by atoms with Crippen molar-refractivity contribution in [2.24, 2.45) is 0 Å². The average Bonchev–Trinajstić information content (AvgIpc) is 2.84. The van der Waals surface area contributed by atoms with Crippen LogP contribution in [0.2, 0.25) is 0 Å². The molecule has 2 rings (SSSR count). The van der Waals surface area contributed by atoms with E-state index in [9.17, 15) is 0 Å². The van der Waals surface area contributed by atoms with Crippen LogP contribution in [0, 0.1) is 6.42 Å². The molecule has 0 bridgehead atoms. The van der Waals surface area contributed by atoms with Gasteiger partial charge in [-0.05, 0) is 26.1 Å². The minimum absolute atomic E-state index is 0. The molecule has 5 heteroatoms. The van der Waals surface area contributed by atoms with Crippen LogP contribution in [-0.4, -0.2) is 31.1 Å². The van der Waals surface area contributed by atoms with Crippen molar-refractivity contribution in [2.45, 2.75) is 39.7 Å². The number of allylic oxidation sites excluding steroid dienone is 2. The quantitative estimate of drug-likeness (QED) is 0.474. The Hall–Kier alpha value is -0.216. The van der Waals surface area contributed by atoms with Gasteiger partial charge < -0.3 is 35.4 Å². The van der Waals surface area contributed by atoms with E-state index in [4.69, 9.17) is 5.73 Å². The molecule has 0 spiro atoms. The van der Waals surface area contributed by atoms with Gasteiger partial charge in [0.15, 0.2) is 0 Å². The third-order valence-electron chi connectivity index (χ3n) is 3.11. The maximum Gasteiger partial charge on any atom is 2.00 e. The summed E-state index contributed by atoms with van der Waals surface area (Å²) < 4.78 is 0. The average molecular weight is 417 g/mol. The summed E-state index contributed by atoms with van der Waals surface area (Å²) in [4.78, 5) is 2.23. The number of nitrogens with one attached hydrogen (secondary N) is 1. The zero-order valence-electron chi connectivity index (χ0n) is 16.2. The number of hydrogen-bond acceptors (Lipinski definition) is 1. The molecule has 25 heavy (non-hydrogen) atoms. The topological polar surface area (TPSA) is 27.0 Å². The molecule has 140 valence electrons. The van der Waals surface area contributed by atoms with E-state index in [0.717, 1.165) is 13.0 Å². The first-order chi connectivity index (χ1) is 10.2.